The summed E-state index contributed by atoms with van der Waals surface area (Å²) in [6.07, 6.45) is 1.82. The van der Waals surface area contributed by atoms with Gasteiger partial charge in [-0.15, -0.1) is 0 Å². The summed E-state index contributed by atoms with van der Waals surface area (Å²) in [6, 6.07) is 2.39. The second kappa shape index (κ2) is 4.97. The molecule has 0 aromatic heterocycles. The number of nitriles is 1. The molecule has 0 radical (unpaired) electrons. The lowest BCUT2D eigenvalue weighted by Crippen LogP contribution is -2.36. The summed E-state index contributed by atoms with van der Waals surface area (Å²) >= 11 is 0. The van der Waals surface area contributed by atoms with Crippen LogP contribution in [0, 0.1) is 11.3 Å². The monoisotopic (exact) mass is 213 g/mol. The van der Waals surface area contributed by atoms with E-state index in [4.69, 9.17) is 15.3 Å². The lowest BCUT2D eigenvalue weighted by atomic mass is 9.82. The van der Waals surface area contributed by atoms with E-state index in [1.807, 2.05) is 6.92 Å². The van der Waals surface area contributed by atoms with Crippen LogP contribution >= 0.6 is 0 Å². The number of hydrogen-bond donors (Lipinski definition) is 2. The Morgan fingerprint density at radius 3 is 2.14 bits per heavy atom. The lowest BCUT2D eigenvalue weighted by molar-refractivity contribution is 0.400. The highest BCUT2D eigenvalue weighted by Gasteiger charge is 2.38. The van der Waals surface area contributed by atoms with E-state index < -0.39 is 15.2 Å². The molecule has 0 heterocycles. The molecule has 0 aromatic carbocycles. The Labute approximate surface area is 87.9 Å². The molecule has 0 saturated carbocycles. The van der Waals surface area contributed by atoms with Gasteiger partial charge in [0, 0.05) is 5.04 Å². The fourth-order valence-electron chi connectivity index (χ4n) is 1.24. The summed E-state index contributed by atoms with van der Waals surface area (Å²) in [5.74, 6) is 0. The first-order valence-corrected chi connectivity index (χ1v) is 8.50. The summed E-state index contributed by atoms with van der Waals surface area (Å²) in [6.45, 7) is 8.51. The molecule has 0 rings (SSSR count). The van der Waals surface area contributed by atoms with Gasteiger partial charge in [-0.25, -0.2) is 0 Å². The molecule has 0 amide bonds. The van der Waals surface area contributed by atoms with E-state index in [-0.39, 0.29) is 5.04 Å². The van der Waals surface area contributed by atoms with Crippen molar-refractivity contribution in [3.63, 3.8) is 0 Å². The van der Waals surface area contributed by atoms with Gasteiger partial charge in [0.1, 0.15) is 0 Å². The standard InChI is InChI=1S/C9H20BNO2Si/c1-9(8-11,14(2,3)4)6-5-7-10(12)13/h12-13H,5-7H2,1-4H3. The quantitative estimate of drug-likeness (QED) is 0.685. The fourth-order valence-corrected chi connectivity index (χ4v) is 2.50. The molecular weight excluding hydrogens is 193 g/mol. The van der Waals surface area contributed by atoms with E-state index in [9.17, 15) is 0 Å². The average molecular weight is 213 g/mol. The van der Waals surface area contributed by atoms with Crippen molar-refractivity contribution in [3.8, 4) is 6.07 Å². The molecule has 3 nitrogen and oxygen atoms in total. The van der Waals surface area contributed by atoms with Crippen LogP contribution in [0.5, 0.6) is 0 Å². The first kappa shape index (κ1) is 13.7. The van der Waals surface area contributed by atoms with Gasteiger partial charge in [-0.3, -0.25) is 0 Å². The minimum Gasteiger partial charge on any atom is -0.427 e. The smallest absolute Gasteiger partial charge is 0.427 e. The van der Waals surface area contributed by atoms with Gasteiger partial charge in [0.15, 0.2) is 0 Å². The van der Waals surface area contributed by atoms with Crippen LogP contribution in [-0.2, 0) is 0 Å². The highest BCUT2D eigenvalue weighted by molar-refractivity contribution is 6.79. The van der Waals surface area contributed by atoms with E-state index in [1.165, 1.54) is 0 Å². The van der Waals surface area contributed by atoms with E-state index in [1.54, 1.807) is 0 Å². The predicted molar refractivity (Wildman–Crippen MR) is 61.6 cm³/mol. The molecule has 0 aliphatic rings. The highest BCUT2D eigenvalue weighted by Crippen LogP contribution is 2.41. The molecule has 2 N–H and O–H groups in total. The predicted octanol–water partition coefficient (Wildman–Crippen LogP) is 1.86. The van der Waals surface area contributed by atoms with Crippen LogP contribution in [0.3, 0.4) is 0 Å². The fraction of sp³-hybridized carbons (Fsp3) is 0.889. The van der Waals surface area contributed by atoms with Crippen molar-refractivity contribution in [2.24, 2.45) is 0 Å². The van der Waals surface area contributed by atoms with Crippen molar-refractivity contribution in [2.75, 3.05) is 0 Å². The SMILES string of the molecule is CC(C#N)(CCCB(O)O)[Si](C)(C)C. The summed E-state index contributed by atoms with van der Waals surface area (Å²) in [5.41, 5.74) is 0. The van der Waals surface area contributed by atoms with Crippen molar-refractivity contribution in [1.82, 2.24) is 0 Å². The second-order valence-electron chi connectivity index (χ2n) is 5.07. The van der Waals surface area contributed by atoms with Crippen molar-refractivity contribution < 1.29 is 10.0 Å². The maximum Gasteiger partial charge on any atom is 0.451 e. The Morgan fingerprint density at radius 2 is 1.86 bits per heavy atom. The first-order valence-electron chi connectivity index (χ1n) is 5.00. The first-order chi connectivity index (χ1) is 6.23. The Balaban J connectivity index is 4.24. The van der Waals surface area contributed by atoms with Crippen LogP contribution in [0.25, 0.3) is 0 Å². The molecule has 0 bridgehead atoms. The molecule has 0 aliphatic carbocycles. The summed E-state index contributed by atoms with van der Waals surface area (Å²) < 4.78 is 0. The van der Waals surface area contributed by atoms with E-state index in [2.05, 4.69) is 25.7 Å². The Bertz CT molecular complexity index is 222. The molecule has 0 aromatic rings. The molecule has 5 heteroatoms. The van der Waals surface area contributed by atoms with Crippen LogP contribution in [0.15, 0.2) is 0 Å². The van der Waals surface area contributed by atoms with Crippen LogP contribution in [0.4, 0.5) is 0 Å². The zero-order valence-electron chi connectivity index (χ0n) is 9.54. The summed E-state index contributed by atoms with van der Waals surface area (Å²) in [5, 5.41) is 26.3. The van der Waals surface area contributed by atoms with Crippen LogP contribution in [0.1, 0.15) is 19.8 Å². The third-order valence-electron chi connectivity index (χ3n) is 3.04. The molecule has 14 heavy (non-hydrogen) atoms. The van der Waals surface area contributed by atoms with Gasteiger partial charge >= 0.3 is 7.12 Å². The third-order valence-corrected chi connectivity index (χ3v) is 6.71. The number of rotatable bonds is 5. The maximum atomic E-state index is 9.15. The minimum absolute atomic E-state index is 0.262. The van der Waals surface area contributed by atoms with Crippen LogP contribution in [-0.4, -0.2) is 25.2 Å². The molecule has 1 unspecified atom stereocenters. The van der Waals surface area contributed by atoms with Gasteiger partial charge in [0.25, 0.3) is 0 Å². The third kappa shape index (κ3) is 3.83. The molecule has 0 spiro atoms. The highest BCUT2D eigenvalue weighted by atomic mass is 28.3. The van der Waals surface area contributed by atoms with Gasteiger partial charge in [-0.1, -0.05) is 26.1 Å². The van der Waals surface area contributed by atoms with E-state index in [0.717, 1.165) is 6.42 Å². The summed E-state index contributed by atoms with van der Waals surface area (Å²) in [4.78, 5) is 0. The second-order valence-corrected chi connectivity index (χ2v) is 10.7. The molecule has 0 fully saturated rings. The van der Waals surface area contributed by atoms with Crippen molar-refractivity contribution >= 4 is 15.2 Å². The molecule has 1 atom stereocenters. The number of nitrogens with zero attached hydrogens (tertiary/aromatic N) is 1. The molecular formula is C9H20BNO2Si. The molecule has 80 valence electrons. The molecule has 0 saturated heterocycles. The maximum absolute atomic E-state index is 9.15. The largest absolute Gasteiger partial charge is 0.451 e. The van der Waals surface area contributed by atoms with Crippen molar-refractivity contribution in [3.05, 3.63) is 0 Å². The van der Waals surface area contributed by atoms with Gasteiger partial charge in [-0.05, 0) is 19.7 Å². The van der Waals surface area contributed by atoms with E-state index in [0.29, 0.717) is 12.7 Å². The van der Waals surface area contributed by atoms with Gasteiger partial charge < -0.3 is 10.0 Å². The van der Waals surface area contributed by atoms with Gasteiger partial charge in [0.05, 0.1) is 14.1 Å². The summed E-state index contributed by atoms with van der Waals surface area (Å²) in [7, 11) is -2.74. The zero-order valence-corrected chi connectivity index (χ0v) is 10.5. The van der Waals surface area contributed by atoms with Crippen LogP contribution < -0.4 is 0 Å². The Kier molecular flexibility index (Phi) is 4.86. The zero-order chi connectivity index (χ0) is 11.4. The van der Waals surface area contributed by atoms with Crippen LogP contribution in [0.2, 0.25) is 31.0 Å². The molecule has 0 aliphatic heterocycles. The lowest BCUT2D eigenvalue weighted by Gasteiger charge is -2.34. The minimum atomic E-state index is -1.51. The van der Waals surface area contributed by atoms with E-state index >= 15 is 0 Å². The topological polar surface area (TPSA) is 64.2 Å². The normalized spacial score (nSPS) is 15.8. The van der Waals surface area contributed by atoms with Gasteiger partial charge in [0.2, 0.25) is 0 Å². The average Bonchev–Trinajstić information content (AvgIpc) is 2.01. The number of hydrogen-bond acceptors (Lipinski definition) is 3. The Hall–Kier alpha value is -0.308. The van der Waals surface area contributed by atoms with Crippen molar-refractivity contribution in [2.45, 2.75) is 50.8 Å². The Morgan fingerprint density at radius 1 is 1.36 bits per heavy atom. The van der Waals surface area contributed by atoms with Gasteiger partial charge in [-0.2, -0.15) is 5.26 Å². The van der Waals surface area contributed by atoms with Crippen molar-refractivity contribution in [1.29, 1.82) is 5.26 Å².